The molecule has 0 spiro atoms. The fourth-order valence-corrected chi connectivity index (χ4v) is 2.65. The second kappa shape index (κ2) is 8.00. The number of alkyl halides is 3. The molecule has 1 amide bonds. The maximum atomic E-state index is 12.1. The average Bonchev–Trinajstić information content (AvgIpc) is 2.94. The zero-order valence-electron chi connectivity index (χ0n) is 12.6. The monoisotopic (exact) mass is 356 g/mol. The zero-order valence-corrected chi connectivity index (χ0v) is 13.4. The highest BCUT2D eigenvalue weighted by Gasteiger charge is 2.27. The molecule has 9 heteroatoms. The number of carbonyl (C=O) groups excluding carboxylic acids is 1. The summed E-state index contributed by atoms with van der Waals surface area (Å²) in [5, 5.41) is 10.4. The van der Waals surface area contributed by atoms with Gasteiger partial charge in [0.2, 0.25) is 5.91 Å². The summed E-state index contributed by atoms with van der Waals surface area (Å²) in [6.45, 7) is 2.75. The average molecular weight is 356 g/mol. The lowest BCUT2D eigenvalue weighted by molar-refractivity contribution is -0.136. The Labute approximate surface area is 141 Å². The standard InChI is InChI=1S/C15H15F3N4OS/c1-2-8-22-13(11-6-4-3-5-7-11)20-21-14(22)24-9-12(23)19-10-15(16,17)18/h2-7H,1,8-10H2,(H,19,23). The lowest BCUT2D eigenvalue weighted by atomic mass is 10.2. The Hall–Kier alpha value is -2.29. The van der Waals surface area contributed by atoms with Crippen LogP contribution in [-0.4, -0.2) is 39.1 Å². The summed E-state index contributed by atoms with van der Waals surface area (Å²) in [6.07, 6.45) is -2.77. The quantitative estimate of drug-likeness (QED) is 0.612. The van der Waals surface area contributed by atoms with Gasteiger partial charge in [-0.3, -0.25) is 9.36 Å². The van der Waals surface area contributed by atoms with Crippen molar-refractivity contribution < 1.29 is 18.0 Å². The van der Waals surface area contributed by atoms with Gasteiger partial charge < -0.3 is 5.32 Å². The van der Waals surface area contributed by atoms with E-state index in [1.165, 1.54) is 0 Å². The van der Waals surface area contributed by atoms with Gasteiger partial charge in [-0.05, 0) is 0 Å². The van der Waals surface area contributed by atoms with Gasteiger partial charge in [-0.1, -0.05) is 48.2 Å². The predicted molar refractivity (Wildman–Crippen MR) is 85.4 cm³/mol. The summed E-state index contributed by atoms with van der Waals surface area (Å²) in [6, 6.07) is 9.33. The van der Waals surface area contributed by atoms with Crippen LogP contribution in [0.3, 0.4) is 0 Å². The highest BCUT2D eigenvalue weighted by molar-refractivity contribution is 7.99. The van der Waals surface area contributed by atoms with E-state index in [9.17, 15) is 18.0 Å². The van der Waals surface area contributed by atoms with Gasteiger partial charge in [0.1, 0.15) is 6.54 Å². The third-order valence-corrected chi connectivity index (χ3v) is 3.85. The predicted octanol–water partition coefficient (Wildman–Crippen LogP) is 2.90. The number of nitrogens with one attached hydrogen (secondary N) is 1. The van der Waals surface area contributed by atoms with E-state index in [1.807, 2.05) is 35.6 Å². The molecule has 0 aliphatic carbocycles. The first kappa shape index (κ1) is 18.1. The van der Waals surface area contributed by atoms with Gasteiger partial charge >= 0.3 is 6.18 Å². The molecule has 0 unspecified atom stereocenters. The van der Waals surface area contributed by atoms with Crippen molar-refractivity contribution >= 4 is 17.7 Å². The fourth-order valence-electron chi connectivity index (χ4n) is 1.87. The van der Waals surface area contributed by atoms with Crippen LogP contribution in [0.15, 0.2) is 48.1 Å². The van der Waals surface area contributed by atoms with Crippen LogP contribution in [0.25, 0.3) is 11.4 Å². The van der Waals surface area contributed by atoms with Crippen molar-refractivity contribution in [1.82, 2.24) is 20.1 Å². The number of rotatable bonds is 7. The molecule has 0 radical (unpaired) electrons. The number of hydrogen-bond acceptors (Lipinski definition) is 4. The Morgan fingerprint density at radius 3 is 2.62 bits per heavy atom. The molecule has 2 rings (SSSR count). The van der Waals surface area contributed by atoms with E-state index in [-0.39, 0.29) is 5.75 Å². The number of allylic oxidation sites excluding steroid dienone is 1. The van der Waals surface area contributed by atoms with Crippen molar-refractivity contribution in [1.29, 1.82) is 0 Å². The number of benzene rings is 1. The number of amides is 1. The number of hydrogen-bond donors (Lipinski definition) is 1. The summed E-state index contributed by atoms with van der Waals surface area (Å²) < 4.78 is 38.0. The van der Waals surface area contributed by atoms with Crippen molar-refractivity contribution in [2.75, 3.05) is 12.3 Å². The largest absolute Gasteiger partial charge is 0.405 e. The number of halogens is 3. The summed E-state index contributed by atoms with van der Waals surface area (Å²) in [4.78, 5) is 11.5. The minimum absolute atomic E-state index is 0.180. The summed E-state index contributed by atoms with van der Waals surface area (Å²) in [5.41, 5.74) is 0.847. The normalized spacial score (nSPS) is 11.3. The molecule has 0 saturated carbocycles. The molecule has 0 aliphatic heterocycles. The Balaban J connectivity index is 2.07. The van der Waals surface area contributed by atoms with Crippen LogP contribution in [0.4, 0.5) is 13.2 Å². The minimum atomic E-state index is -4.43. The van der Waals surface area contributed by atoms with Gasteiger partial charge in [0.15, 0.2) is 11.0 Å². The topological polar surface area (TPSA) is 59.8 Å². The van der Waals surface area contributed by atoms with E-state index >= 15 is 0 Å². The van der Waals surface area contributed by atoms with Crippen molar-refractivity contribution in [2.24, 2.45) is 0 Å². The first-order valence-electron chi connectivity index (χ1n) is 6.96. The van der Waals surface area contributed by atoms with Gasteiger partial charge in [0, 0.05) is 12.1 Å². The molecule has 1 aromatic heterocycles. The molecular formula is C15H15F3N4OS. The second-order valence-corrected chi connectivity index (χ2v) is 5.69. The third kappa shape index (κ3) is 5.12. The molecule has 24 heavy (non-hydrogen) atoms. The van der Waals surface area contributed by atoms with Gasteiger partial charge in [-0.2, -0.15) is 13.2 Å². The molecule has 1 aromatic carbocycles. The molecule has 0 saturated heterocycles. The lowest BCUT2D eigenvalue weighted by Crippen LogP contribution is -2.34. The summed E-state index contributed by atoms with van der Waals surface area (Å²) in [5.74, 6) is -0.291. The second-order valence-electron chi connectivity index (χ2n) is 4.75. The summed E-state index contributed by atoms with van der Waals surface area (Å²) in [7, 11) is 0. The molecule has 1 N–H and O–H groups in total. The molecule has 1 heterocycles. The van der Waals surface area contributed by atoms with Crippen LogP contribution in [0.1, 0.15) is 0 Å². The van der Waals surface area contributed by atoms with Crippen LogP contribution < -0.4 is 5.32 Å². The maximum absolute atomic E-state index is 12.1. The van der Waals surface area contributed by atoms with Crippen LogP contribution in [-0.2, 0) is 11.3 Å². The Bertz CT molecular complexity index is 700. The lowest BCUT2D eigenvalue weighted by Gasteiger charge is -2.09. The smallest absolute Gasteiger partial charge is 0.346 e. The number of thioether (sulfide) groups is 1. The van der Waals surface area contributed by atoms with Crippen molar-refractivity contribution in [3.63, 3.8) is 0 Å². The first-order valence-corrected chi connectivity index (χ1v) is 7.95. The molecule has 0 bridgehead atoms. The van der Waals surface area contributed by atoms with E-state index in [0.29, 0.717) is 17.5 Å². The van der Waals surface area contributed by atoms with Crippen molar-refractivity contribution in [3.8, 4) is 11.4 Å². The molecule has 5 nitrogen and oxygen atoms in total. The molecule has 128 valence electrons. The minimum Gasteiger partial charge on any atom is -0.346 e. The first-order chi connectivity index (χ1) is 11.4. The van der Waals surface area contributed by atoms with E-state index in [0.717, 1.165) is 17.3 Å². The van der Waals surface area contributed by atoms with E-state index in [1.54, 1.807) is 10.6 Å². The zero-order chi connectivity index (χ0) is 17.6. The number of aromatic nitrogens is 3. The fraction of sp³-hybridized carbons (Fsp3) is 0.267. The third-order valence-electron chi connectivity index (χ3n) is 2.88. The highest BCUT2D eigenvalue weighted by atomic mass is 32.2. The number of carbonyl (C=O) groups is 1. The van der Waals surface area contributed by atoms with E-state index in [4.69, 9.17) is 0 Å². The van der Waals surface area contributed by atoms with Gasteiger partial charge in [-0.15, -0.1) is 16.8 Å². The van der Waals surface area contributed by atoms with Crippen LogP contribution in [0, 0.1) is 0 Å². The van der Waals surface area contributed by atoms with E-state index in [2.05, 4.69) is 16.8 Å². The molecule has 2 aromatic rings. The van der Waals surface area contributed by atoms with Gasteiger partial charge in [0.25, 0.3) is 0 Å². The van der Waals surface area contributed by atoms with Crippen LogP contribution in [0.5, 0.6) is 0 Å². The van der Waals surface area contributed by atoms with Gasteiger partial charge in [-0.25, -0.2) is 0 Å². The van der Waals surface area contributed by atoms with Gasteiger partial charge in [0.05, 0.1) is 5.75 Å². The molecule has 0 fully saturated rings. The van der Waals surface area contributed by atoms with Crippen LogP contribution >= 0.6 is 11.8 Å². The van der Waals surface area contributed by atoms with E-state index < -0.39 is 18.6 Å². The Morgan fingerprint density at radius 1 is 1.29 bits per heavy atom. The Kier molecular flexibility index (Phi) is 6.02. The molecule has 0 atom stereocenters. The maximum Gasteiger partial charge on any atom is 0.405 e. The SMILES string of the molecule is C=CCn1c(SCC(=O)NCC(F)(F)F)nnc1-c1ccccc1. The highest BCUT2D eigenvalue weighted by Crippen LogP contribution is 2.24. The molecular weight excluding hydrogens is 341 g/mol. The van der Waals surface area contributed by atoms with Crippen molar-refractivity contribution in [2.45, 2.75) is 17.9 Å². The Morgan fingerprint density at radius 2 is 2.00 bits per heavy atom. The number of nitrogens with zero attached hydrogens (tertiary/aromatic N) is 3. The molecule has 0 aliphatic rings. The van der Waals surface area contributed by atoms with Crippen molar-refractivity contribution in [3.05, 3.63) is 43.0 Å². The van der Waals surface area contributed by atoms with Crippen LogP contribution in [0.2, 0.25) is 0 Å². The summed E-state index contributed by atoms with van der Waals surface area (Å²) >= 11 is 1.02.